The molecule has 0 amide bonds. The van der Waals surface area contributed by atoms with Gasteiger partial charge in [-0.1, -0.05) is 37.1 Å². The van der Waals surface area contributed by atoms with Crippen LogP contribution in [0.5, 0.6) is 0 Å². The zero-order valence-corrected chi connectivity index (χ0v) is 20.0. The Morgan fingerprint density at radius 1 is 1.22 bits per heavy atom. The van der Waals surface area contributed by atoms with Crippen molar-refractivity contribution in [3.63, 3.8) is 0 Å². The molecule has 2 aliphatic heterocycles. The molecule has 0 aliphatic carbocycles. The summed E-state index contributed by atoms with van der Waals surface area (Å²) in [6, 6.07) is 5.90. The van der Waals surface area contributed by atoms with E-state index >= 15 is 0 Å². The molecule has 2 aromatic rings. The molecule has 7 heteroatoms. The summed E-state index contributed by atoms with van der Waals surface area (Å²) < 4.78 is 0. The van der Waals surface area contributed by atoms with E-state index in [2.05, 4.69) is 27.1 Å². The molecule has 2 aliphatic rings. The monoisotopic (exact) mass is 455 g/mol. The third kappa shape index (κ3) is 5.94. The van der Waals surface area contributed by atoms with Crippen LogP contribution >= 0.6 is 11.6 Å². The maximum Gasteiger partial charge on any atom is 0.152 e. The van der Waals surface area contributed by atoms with Crippen LogP contribution in [-0.4, -0.2) is 58.8 Å². The molecule has 0 spiro atoms. The number of fused-ring (bicyclic) bond motifs is 1. The first-order valence-electron chi connectivity index (χ1n) is 11.5. The number of pyridine rings is 1. The van der Waals surface area contributed by atoms with Crippen molar-refractivity contribution in [3.8, 4) is 0 Å². The number of nitrogens with one attached hydrogen (secondary N) is 2. The lowest BCUT2D eigenvalue weighted by Gasteiger charge is -2.24. The van der Waals surface area contributed by atoms with Gasteiger partial charge in [-0.25, -0.2) is 4.99 Å². The number of benzene rings is 1. The second-order valence-corrected chi connectivity index (χ2v) is 8.89. The third-order valence-electron chi connectivity index (χ3n) is 5.97. The summed E-state index contributed by atoms with van der Waals surface area (Å²) in [5.74, 6) is -0.0346. The second kappa shape index (κ2) is 11.0. The molecule has 1 unspecified atom stereocenters. The van der Waals surface area contributed by atoms with Crippen molar-refractivity contribution in [1.29, 1.82) is 5.41 Å². The van der Waals surface area contributed by atoms with E-state index < -0.39 is 5.60 Å². The van der Waals surface area contributed by atoms with Crippen molar-refractivity contribution in [2.75, 3.05) is 31.5 Å². The second-order valence-electron chi connectivity index (χ2n) is 8.48. The zero-order valence-electron chi connectivity index (χ0n) is 19.3. The number of anilines is 1. The van der Waals surface area contributed by atoms with Crippen LogP contribution in [0.25, 0.3) is 16.5 Å². The molecule has 32 heavy (non-hydrogen) atoms. The number of nitrogens with zero attached hydrogens (tertiary/aromatic N) is 3. The quantitative estimate of drug-likeness (QED) is 0.576. The molecule has 3 heterocycles. The number of aromatic nitrogens is 1. The first-order chi connectivity index (χ1) is 15.4. The highest BCUT2D eigenvalue weighted by Crippen LogP contribution is 2.32. The van der Waals surface area contributed by atoms with Crippen molar-refractivity contribution in [1.82, 2.24) is 9.88 Å². The van der Waals surface area contributed by atoms with Crippen molar-refractivity contribution >= 4 is 45.8 Å². The summed E-state index contributed by atoms with van der Waals surface area (Å²) >= 11 is 6.28. The largest absolute Gasteiger partial charge is 0.384 e. The summed E-state index contributed by atoms with van der Waals surface area (Å²) in [7, 11) is 0. The molecular weight excluding hydrogens is 422 g/mol. The number of halogens is 1. The Morgan fingerprint density at radius 3 is 2.62 bits per heavy atom. The highest BCUT2D eigenvalue weighted by molar-refractivity contribution is 6.34. The molecule has 0 saturated carbocycles. The average Bonchev–Trinajstić information content (AvgIpc) is 2.94. The normalized spacial score (nSPS) is 21.5. The molecule has 1 atom stereocenters. The molecule has 1 aromatic heterocycles. The van der Waals surface area contributed by atoms with E-state index in [1.54, 1.807) is 19.3 Å². The Labute approximate surface area is 195 Å². The van der Waals surface area contributed by atoms with Gasteiger partial charge in [-0.05, 0) is 69.6 Å². The fourth-order valence-electron chi connectivity index (χ4n) is 3.90. The van der Waals surface area contributed by atoms with Crippen molar-refractivity contribution in [2.45, 2.75) is 52.1 Å². The Balaban J connectivity index is 0.000000305. The van der Waals surface area contributed by atoms with Crippen LogP contribution in [0.3, 0.4) is 0 Å². The number of amidine groups is 1. The van der Waals surface area contributed by atoms with E-state index in [0.29, 0.717) is 11.4 Å². The van der Waals surface area contributed by atoms with Gasteiger partial charge in [0.2, 0.25) is 0 Å². The fourth-order valence-corrected chi connectivity index (χ4v) is 4.12. The molecule has 1 aromatic carbocycles. The van der Waals surface area contributed by atoms with Crippen LogP contribution in [0.4, 0.5) is 5.69 Å². The fraction of sp³-hybridized carbons (Fsp3) is 0.480. The van der Waals surface area contributed by atoms with E-state index in [1.165, 1.54) is 38.9 Å². The highest BCUT2D eigenvalue weighted by atomic mass is 35.5. The first-order valence-corrected chi connectivity index (χ1v) is 11.8. The SMILES string of the molecule is CCN1CCCCC1.CCNc1c(Cl)cnc2ccc(C3=CCC(C)(O)C(=N)N=C3)cc12. The molecular formula is C25H34ClN5O. The topological polar surface area (TPSA) is 84.6 Å². The smallest absolute Gasteiger partial charge is 0.152 e. The van der Waals surface area contributed by atoms with E-state index in [1.807, 2.05) is 31.2 Å². The minimum atomic E-state index is -1.24. The van der Waals surface area contributed by atoms with Crippen molar-refractivity contribution < 1.29 is 5.11 Å². The van der Waals surface area contributed by atoms with Gasteiger partial charge in [0.1, 0.15) is 5.60 Å². The number of aliphatic hydroxyl groups is 1. The Bertz CT molecular complexity index is 1010. The van der Waals surface area contributed by atoms with E-state index in [-0.39, 0.29) is 5.84 Å². The summed E-state index contributed by atoms with van der Waals surface area (Å²) in [6.07, 6.45) is 9.81. The lowest BCUT2D eigenvalue weighted by molar-refractivity contribution is 0.134. The van der Waals surface area contributed by atoms with Crippen molar-refractivity contribution in [3.05, 3.63) is 41.1 Å². The zero-order chi connectivity index (χ0) is 23.1. The lowest BCUT2D eigenvalue weighted by Crippen LogP contribution is -2.31. The van der Waals surface area contributed by atoms with Crippen LogP contribution in [-0.2, 0) is 0 Å². The third-order valence-corrected chi connectivity index (χ3v) is 6.25. The minimum Gasteiger partial charge on any atom is -0.384 e. The maximum absolute atomic E-state index is 10.2. The van der Waals surface area contributed by atoms with E-state index in [4.69, 9.17) is 17.0 Å². The van der Waals surface area contributed by atoms with Crippen LogP contribution in [0, 0.1) is 5.41 Å². The van der Waals surface area contributed by atoms with Crippen LogP contribution in [0.1, 0.15) is 52.0 Å². The maximum atomic E-state index is 10.2. The van der Waals surface area contributed by atoms with Gasteiger partial charge in [0.25, 0.3) is 0 Å². The molecule has 0 radical (unpaired) electrons. The van der Waals surface area contributed by atoms with E-state index in [9.17, 15) is 5.11 Å². The summed E-state index contributed by atoms with van der Waals surface area (Å²) in [5, 5.41) is 22.8. The number of piperidine rings is 1. The number of likely N-dealkylation sites (tertiary alicyclic amines) is 1. The highest BCUT2D eigenvalue weighted by Gasteiger charge is 2.26. The number of allylic oxidation sites excluding steroid dienone is 1. The molecule has 0 bridgehead atoms. The average molecular weight is 456 g/mol. The molecule has 1 fully saturated rings. The number of hydrogen-bond donors (Lipinski definition) is 3. The predicted octanol–water partition coefficient (Wildman–Crippen LogP) is 5.40. The molecule has 1 saturated heterocycles. The van der Waals surface area contributed by atoms with Crippen LogP contribution in [0.2, 0.25) is 5.02 Å². The Morgan fingerprint density at radius 2 is 1.97 bits per heavy atom. The molecule has 6 nitrogen and oxygen atoms in total. The Hall–Kier alpha value is -2.28. The Kier molecular flexibility index (Phi) is 8.40. The van der Waals surface area contributed by atoms with Gasteiger partial charge in [0.05, 0.1) is 16.2 Å². The first kappa shape index (κ1) is 24.4. The predicted molar refractivity (Wildman–Crippen MR) is 136 cm³/mol. The van der Waals surface area contributed by atoms with E-state index in [0.717, 1.165) is 34.3 Å². The van der Waals surface area contributed by atoms with Gasteiger partial charge in [-0.2, -0.15) is 0 Å². The number of rotatable bonds is 4. The number of aliphatic imine (C=N–C) groups is 1. The van der Waals surface area contributed by atoms with Gasteiger partial charge in [0, 0.05) is 30.8 Å². The van der Waals surface area contributed by atoms with Gasteiger partial charge in [0.15, 0.2) is 5.84 Å². The van der Waals surface area contributed by atoms with Crippen molar-refractivity contribution in [2.24, 2.45) is 4.99 Å². The molecule has 3 N–H and O–H groups in total. The van der Waals surface area contributed by atoms with Gasteiger partial charge in [-0.3, -0.25) is 10.4 Å². The van der Waals surface area contributed by atoms with Gasteiger partial charge in [-0.15, -0.1) is 0 Å². The van der Waals surface area contributed by atoms with Crippen LogP contribution < -0.4 is 5.32 Å². The molecule has 172 valence electrons. The standard InChI is InChI=1S/C18H19ClN4O.C7H15N/c1-3-21-16-13-8-11(4-5-15(13)22-10-14(16)19)12-6-7-18(2,24)17(20)23-9-12;1-2-8-6-4-3-5-7-8/h4-6,8-10,20,24H,3,7H2,1-2H3,(H,21,22);2-7H2,1H3. The van der Waals surface area contributed by atoms with Gasteiger partial charge < -0.3 is 15.3 Å². The summed E-state index contributed by atoms with van der Waals surface area (Å²) in [6.45, 7) is 10.5. The lowest BCUT2D eigenvalue weighted by atomic mass is 9.98. The summed E-state index contributed by atoms with van der Waals surface area (Å²) in [5.41, 5.74) is 2.28. The molecule has 4 rings (SSSR count). The summed E-state index contributed by atoms with van der Waals surface area (Å²) in [4.78, 5) is 11.0. The van der Waals surface area contributed by atoms with Gasteiger partial charge >= 0.3 is 0 Å². The number of hydrogen-bond acceptors (Lipinski definition) is 5. The minimum absolute atomic E-state index is 0.0346. The van der Waals surface area contributed by atoms with Crippen LogP contribution in [0.15, 0.2) is 35.5 Å².